The number of hydrogen-bond acceptors (Lipinski definition) is 2. The Morgan fingerprint density at radius 2 is 2.29 bits per heavy atom. The monoisotopic (exact) mass is 300 g/mol. The minimum Gasteiger partial charge on any atom is -0.384 e. The Morgan fingerprint density at radius 1 is 1.53 bits per heavy atom. The third kappa shape index (κ3) is 2.58. The first-order valence-electron chi connectivity index (χ1n) is 6.51. The van der Waals surface area contributed by atoms with Crippen LogP contribution in [-0.2, 0) is 12.1 Å². The maximum atomic E-state index is 10.9. The van der Waals surface area contributed by atoms with Crippen LogP contribution < -0.4 is 0 Å². The molecule has 1 aliphatic rings. The summed E-state index contributed by atoms with van der Waals surface area (Å²) in [7, 11) is 0. The third-order valence-electron chi connectivity index (χ3n) is 3.87. The molecular formula is C13H21BrN2O. The summed E-state index contributed by atoms with van der Waals surface area (Å²) in [6.07, 6.45) is 6.91. The number of rotatable bonds is 2. The Bertz CT molecular complexity index is 391. The summed E-state index contributed by atoms with van der Waals surface area (Å²) in [5.41, 5.74) is 0.268. The molecule has 2 rings (SSSR count). The molecule has 1 aromatic rings. The van der Waals surface area contributed by atoms with Crippen LogP contribution in [0.15, 0.2) is 10.7 Å². The molecule has 0 saturated heterocycles. The smallest absolute Gasteiger partial charge is 0.107 e. The first-order chi connectivity index (χ1) is 8.07. The summed E-state index contributed by atoms with van der Waals surface area (Å²) in [6, 6.07) is 0. The number of aromatic nitrogens is 2. The molecule has 0 aliphatic heterocycles. The molecule has 0 radical (unpaired) electrons. The average Bonchev–Trinajstić information content (AvgIpc) is 2.59. The highest BCUT2D eigenvalue weighted by Gasteiger charge is 2.36. The number of aliphatic hydroxyl groups is 1. The Balaban J connectivity index is 2.32. The Labute approximate surface area is 111 Å². The van der Waals surface area contributed by atoms with Crippen molar-refractivity contribution in [3.8, 4) is 0 Å². The van der Waals surface area contributed by atoms with E-state index in [4.69, 9.17) is 0 Å². The third-order valence-corrected chi connectivity index (χ3v) is 4.45. The highest BCUT2D eigenvalue weighted by atomic mass is 79.9. The van der Waals surface area contributed by atoms with Crippen LogP contribution in [0.5, 0.6) is 0 Å². The number of nitrogens with zero attached hydrogens (tertiary/aromatic N) is 2. The molecule has 2 unspecified atom stereocenters. The lowest BCUT2D eigenvalue weighted by Gasteiger charge is -2.28. The summed E-state index contributed by atoms with van der Waals surface area (Å²) in [5.74, 6) is 0.723. The van der Waals surface area contributed by atoms with Gasteiger partial charge >= 0.3 is 0 Å². The second kappa shape index (κ2) is 5.11. The van der Waals surface area contributed by atoms with Gasteiger partial charge in [0.25, 0.3) is 0 Å². The Hall–Kier alpha value is -0.350. The van der Waals surface area contributed by atoms with E-state index in [2.05, 4.69) is 34.9 Å². The molecule has 0 spiro atoms. The lowest BCUT2D eigenvalue weighted by Crippen LogP contribution is -2.29. The van der Waals surface area contributed by atoms with Gasteiger partial charge in [-0.05, 0) is 54.5 Å². The van der Waals surface area contributed by atoms with Crippen LogP contribution >= 0.6 is 15.9 Å². The summed E-state index contributed by atoms with van der Waals surface area (Å²) >= 11 is 3.53. The second-order valence-electron chi connectivity index (χ2n) is 5.22. The van der Waals surface area contributed by atoms with E-state index in [0.717, 1.165) is 48.3 Å². The minimum absolute atomic E-state index is 0.698. The van der Waals surface area contributed by atoms with Gasteiger partial charge in [0, 0.05) is 6.54 Å². The molecule has 1 fully saturated rings. The quantitative estimate of drug-likeness (QED) is 0.850. The lowest BCUT2D eigenvalue weighted by atomic mass is 9.90. The van der Waals surface area contributed by atoms with Crippen LogP contribution in [0.4, 0.5) is 0 Å². The van der Waals surface area contributed by atoms with E-state index < -0.39 is 5.60 Å². The van der Waals surface area contributed by atoms with E-state index in [1.54, 1.807) is 6.20 Å². The zero-order valence-electron chi connectivity index (χ0n) is 10.6. The molecule has 96 valence electrons. The number of aryl methyl sites for hydroxylation is 1. The molecule has 1 aliphatic carbocycles. The SMILES string of the molecule is CCn1ncc(Br)c1C1(O)CCCC(C)CC1. The van der Waals surface area contributed by atoms with E-state index in [-0.39, 0.29) is 0 Å². The van der Waals surface area contributed by atoms with E-state index in [0.29, 0.717) is 0 Å². The number of hydrogen-bond donors (Lipinski definition) is 1. The molecule has 1 heterocycles. The number of halogens is 1. The highest BCUT2D eigenvalue weighted by Crippen LogP contribution is 2.40. The molecule has 17 heavy (non-hydrogen) atoms. The molecule has 4 heteroatoms. The molecule has 1 N–H and O–H groups in total. The molecule has 0 bridgehead atoms. The molecule has 0 aromatic carbocycles. The van der Waals surface area contributed by atoms with Crippen LogP contribution in [0.3, 0.4) is 0 Å². The largest absolute Gasteiger partial charge is 0.384 e. The van der Waals surface area contributed by atoms with Gasteiger partial charge < -0.3 is 5.11 Å². The van der Waals surface area contributed by atoms with Gasteiger partial charge in [-0.25, -0.2) is 0 Å². The fourth-order valence-corrected chi connectivity index (χ4v) is 3.46. The predicted molar refractivity (Wildman–Crippen MR) is 71.7 cm³/mol. The van der Waals surface area contributed by atoms with Crippen molar-refractivity contribution < 1.29 is 5.11 Å². The minimum atomic E-state index is -0.698. The van der Waals surface area contributed by atoms with Gasteiger partial charge in [-0.15, -0.1) is 0 Å². The normalized spacial score (nSPS) is 30.2. The zero-order chi connectivity index (χ0) is 12.5. The maximum Gasteiger partial charge on any atom is 0.107 e. The first-order valence-corrected chi connectivity index (χ1v) is 7.30. The van der Waals surface area contributed by atoms with Crippen LogP contribution in [0, 0.1) is 5.92 Å². The van der Waals surface area contributed by atoms with Crippen LogP contribution in [0.1, 0.15) is 51.6 Å². The summed E-state index contributed by atoms with van der Waals surface area (Å²) < 4.78 is 2.86. The van der Waals surface area contributed by atoms with Gasteiger partial charge in [-0.2, -0.15) is 5.10 Å². The lowest BCUT2D eigenvalue weighted by molar-refractivity contribution is 0.0104. The van der Waals surface area contributed by atoms with E-state index >= 15 is 0 Å². The van der Waals surface area contributed by atoms with Crippen molar-refractivity contribution in [2.45, 2.75) is 58.1 Å². The van der Waals surface area contributed by atoms with Crippen molar-refractivity contribution >= 4 is 15.9 Å². The van der Waals surface area contributed by atoms with Crippen molar-refractivity contribution in [2.24, 2.45) is 5.92 Å². The van der Waals surface area contributed by atoms with Crippen LogP contribution in [-0.4, -0.2) is 14.9 Å². The molecule has 1 aromatic heterocycles. The van der Waals surface area contributed by atoms with Gasteiger partial charge in [-0.3, -0.25) is 4.68 Å². The average molecular weight is 301 g/mol. The van der Waals surface area contributed by atoms with E-state index in [1.165, 1.54) is 6.42 Å². The van der Waals surface area contributed by atoms with Crippen molar-refractivity contribution in [3.05, 3.63) is 16.4 Å². The van der Waals surface area contributed by atoms with E-state index in [9.17, 15) is 5.11 Å². The van der Waals surface area contributed by atoms with Crippen molar-refractivity contribution in [1.29, 1.82) is 0 Å². The molecular weight excluding hydrogens is 280 g/mol. The van der Waals surface area contributed by atoms with Gasteiger partial charge in [0.2, 0.25) is 0 Å². The van der Waals surface area contributed by atoms with Crippen molar-refractivity contribution in [1.82, 2.24) is 9.78 Å². The van der Waals surface area contributed by atoms with Gasteiger partial charge in [0.1, 0.15) is 5.60 Å². The van der Waals surface area contributed by atoms with Gasteiger partial charge in [0.15, 0.2) is 0 Å². The van der Waals surface area contributed by atoms with Gasteiger partial charge in [-0.1, -0.05) is 13.3 Å². The van der Waals surface area contributed by atoms with E-state index in [1.807, 2.05) is 4.68 Å². The molecule has 1 saturated carbocycles. The summed E-state index contributed by atoms with van der Waals surface area (Å²) in [4.78, 5) is 0. The molecule has 2 atom stereocenters. The van der Waals surface area contributed by atoms with Crippen molar-refractivity contribution in [2.75, 3.05) is 0 Å². The fourth-order valence-electron chi connectivity index (χ4n) is 2.80. The van der Waals surface area contributed by atoms with Crippen molar-refractivity contribution in [3.63, 3.8) is 0 Å². The maximum absolute atomic E-state index is 10.9. The predicted octanol–water partition coefficient (Wildman–Crippen LogP) is 3.45. The Morgan fingerprint density at radius 3 is 3.00 bits per heavy atom. The summed E-state index contributed by atoms with van der Waals surface area (Å²) in [5, 5.41) is 15.2. The molecule has 3 nitrogen and oxygen atoms in total. The first kappa shape index (κ1) is 13.1. The topological polar surface area (TPSA) is 38.0 Å². The highest BCUT2D eigenvalue weighted by molar-refractivity contribution is 9.10. The zero-order valence-corrected chi connectivity index (χ0v) is 12.2. The molecule has 0 amide bonds. The summed E-state index contributed by atoms with van der Waals surface area (Å²) in [6.45, 7) is 5.14. The second-order valence-corrected chi connectivity index (χ2v) is 6.08. The fraction of sp³-hybridized carbons (Fsp3) is 0.769. The van der Waals surface area contributed by atoms with Gasteiger partial charge in [0.05, 0.1) is 16.4 Å². The van der Waals surface area contributed by atoms with Crippen LogP contribution in [0.2, 0.25) is 0 Å². The van der Waals surface area contributed by atoms with Crippen LogP contribution in [0.25, 0.3) is 0 Å². The standard InChI is InChI=1S/C13H21BrN2O/c1-3-16-12(11(14)9-15-16)13(17)7-4-5-10(2)6-8-13/h9-10,17H,3-8H2,1-2H3. The Kier molecular flexibility index (Phi) is 3.93.